The zero-order chi connectivity index (χ0) is 21.5. The Morgan fingerprint density at radius 1 is 0.968 bits per heavy atom. The molecule has 6 heteroatoms. The van der Waals surface area contributed by atoms with Crippen molar-refractivity contribution in [2.24, 2.45) is 0 Å². The van der Waals surface area contributed by atoms with Gasteiger partial charge in [-0.15, -0.1) is 0 Å². The van der Waals surface area contributed by atoms with E-state index in [4.69, 9.17) is 4.74 Å². The average molecular weight is 430 g/mol. The molecule has 0 spiro atoms. The van der Waals surface area contributed by atoms with Gasteiger partial charge in [0.15, 0.2) is 5.16 Å². The molecule has 0 bridgehead atoms. The highest BCUT2D eigenvalue weighted by Gasteiger charge is 2.15. The van der Waals surface area contributed by atoms with Crippen molar-refractivity contribution in [1.29, 1.82) is 0 Å². The highest BCUT2D eigenvalue weighted by Crippen LogP contribution is 2.28. The number of ether oxygens (including phenoxy) is 1. The van der Waals surface area contributed by atoms with E-state index in [0.717, 1.165) is 27.9 Å². The van der Waals surface area contributed by atoms with Gasteiger partial charge in [0, 0.05) is 11.3 Å². The van der Waals surface area contributed by atoms with Crippen molar-refractivity contribution in [2.45, 2.75) is 11.7 Å². The van der Waals surface area contributed by atoms with Crippen molar-refractivity contribution in [3.63, 3.8) is 0 Å². The zero-order valence-corrected chi connectivity index (χ0v) is 18.0. The van der Waals surface area contributed by atoms with Crippen LogP contribution in [0.2, 0.25) is 0 Å². The molecule has 0 aliphatic heterocycles. The maximum atomic E-state index is 12.4. The molecular weight excluding hydrogens is 406 g/mol. The molecule has 1 heterocycles. The monoisotopic (exact) mass is 429 g/mol. The number of hydrogen-bond acceptors (Lipinski definition) is 4. The topological polar surface area (TPSA) is 56.1 Å². The van der Waals surface area contributed by atoms with E-state index in [9.17, 15) is 4.79 Å². The summed E-state index contributed by atoms with van der Waals surface area (Å²) >= 11 is 1.43. The summed E-state index contributed by atoms with van der Waals surface area (Å²) in [5, 5.41) is 3.73. The molecule has 1 aromatic heterocycles. The Balaban J connectivity index is 1.56. The van der Waals surface area contributed by atoms with E-state index in [2.05, 4.69) is 27.0 Å². The fraction of sp³-hybridized carbons (Fsp3) is 0.120. The van der Waals surface area contributed by atoms with Gasteiger partial charge >= 0.3 is 0 Å². The van der Waals surface area contributed by atoms with Crippen molar-refractivity contribution in [2.75, 3.05) is 18.2 Å². The summed E-state index contributed by atoms with van der Waals surface area (Å²) in [5.41, 5.74) is 4.01. The highest BCUT2D eigenvalue weighted by atomic mass is 32.2. The van der Waals surface area contributed by atoms with Crippen LogP contribution in [0, 0.1) is 0 Å². The smallest absolute Gasteiger partial charge is 0.234 e. The Morgan fingerprint density at radius 3 is 2.32 bits per heavy atom. The molecule has 0 aliphatic carbocycles. The molecule has 0 radical (unpaired) electrons. The number of hydrogen-bond donors (Lipinski definition) is 1. The first-order valence-electron chi connectivity index (χ1n) is 9.94. The third-order valence-electron chi connectivity index (χ3n) is 4.78. The quantitative estimate of drug-likeness (QED) is 0.384. The molecule has 4 rings (SSSR count). The summed E-state index contributed by atoms with van der Waals surface area (Å²) in [7, 11) is 1.66. The second-order valence-electron chi connectivity index (χ2n) is 6.93. The maximum absolute atomic E-state index is 12.4. The molecule has 156 valence electrons. The Hall–Kier alpha value is -3.51. The van der Waals surface area contributed by atoms with Crippen LogP contribution in [0.4, 0.5) is 5.69 Å². The standard InChI is InChI=1S/C25H23N3O2S/c1-30-22-14-12-20(13-15-22)23-16-26-25(28(23)17-19-8-4-2-5-9-19)31-18-24(29)27-21-10-6-3-7-11-21/h2-16H,17-18H2,1H3,(H,27,29). The van der Waals surface area contributed by atoms with Crippen molar-refractivity contribution in [3.8, 4) is 17.0 Å². The van der Waals surface area contributed by atoms with Crippen LogP contribution in [0.15, 0.2) is 96.3 Å². The lowest BCUT2D eigenvalue weighted by Gasteiger charge is -2.13. The molecule has 0 unspecified atom stereocenters. The Bertz CT molecular complexity index is 1130. The van der Waals surface area contributed by atoms with E-state index in [1.165, 1.54) is 17.3 Å². The number of carbonyl (C=O) groups excluding carboxylic acids is 1. The normalized spacial score (nSPS) is 10.6. The molecule has 0 atom stereocenters. The number of amides is 1. The van der Waals surface area contributed by atoms with E-state index in [1.54, 1.807) is 7.11 Å². The van der Waals surface area contributed by atoms with Crippen LogP contribution >= 0.6 is 11.8 Å². The Morgan fingerprint density at radius 2 is 1.65 bits per heavy atom. The van der Waals surface area contributed by atoms with E-state index < -0.39 is 0 Å². The SMILES string of the molecule is COc1ccc(-c2cnc(SCC(=O)Nc3ccccc3)n2Cc2ccccc2)cc1. The lowest BCUT2D eigenvalue weighted by atomic mass is 10.1. The molecule has 4 aromatic rings. The molecule has 0 aliphatic rings. The van der Waals surface area contributed by atoms with Crippen molar-refractivity contribution < 1.29 is 9.53 Å². The lowest BCUT2D eigenvalue weighted by Crippen LogP contribution is -2.14. The molecular formula is C25H23N3O2S. The summed E-state index contributed by atoms with van der Waals surface area (Å²) < 4.78 is 7.43. The summed E-state index contributed by atoms with van der Waals surface area (Å²) in [6.45, 7) is 0.671. The van der Waals surface area contributed by atoms with Crippen molar-refractivity contribution in [3.05, 3.63) is 96.7 Å². The molecule has 0 saturated carbocycles. The predicted octanol–water partition coefficient (Wildman–Crippen LogP) is 5.34. The summed E-state index contributed by atoms with van der Waals surface area (Å²) in [6, 6.07) is 27.6. The van der Waals surface area contributed by atoms with Crippen LogP contribution in [0.25, 0.3) is 11.3 Å². The fourth-order valence-corrected chi connectivity index (χ4v) is 4.01. The van der Waals surface area contributed by atoms with Crippen LogP contribution < -0.4 is 10.1 Å². The lowest BCUT2D eigenvalue weighted by molar-refractivity contribution is -0.113. The van der Waals surface area contributed by atoms with Gasteiger partial charge in [-0.25, -0.2) is 4.98 Å². The van der Waals surface area contributed by atoms with Crippen molar-refractivity contribution in [1.82, 2.24) is 9.55 Å². The zero-order valence-electron chi connectivity index (χ0n) is 17.2. The highest BCUT2D eigenvalue weighted by molar-refractivity contribution is 7.99. The first-order chi connectivity index (χ1) is 15.2. The molecule has 3 aromatic carbocycles. The third kappa shape index (κ3) is 5.35. The van der Waals surface area contributed by atoms with E-state index in [1.807, 2.05) is 79.0 Å². The van der Waals surface area contributed by atoms with Gasteiger partial charge in [0.1, 0.15) is 5.75 Å². The number of thioether (sulfide) groups is 1. The van der Waals surface area contributed by atoms with Gasteiger partial charge in [0.25, 0.3) is 0 Å². The summed E-state index contributed by atoms with van der Waals surface area (Å²) in [5.74, 6) is 1.03. The molecule has 1 amide bonds. The van der Waals surface area contributed by atoms with Crippen LogP contribution in [0.5, 0.6) is 5.75 Å². The number of imidazole rings is 1. The number of methoxy groups -OCH3 is 1. The molecule has 5 nitrogen and oxygen atoms in total. The van der Waals surface area contributed by atoms with Crippen LogP contribution in [-0.4, -0.2) is 28.3 Å². The number of para-hydroxylation sites is 1. The molecule has 0 fully saturated rings. The number of nitrogens with one attached hydrogen (secondary N) is 1. The van der Waals surface area contributed by atoms with Crippen LogP contribution in [0.1, 0.15) is 5.56 Å². The third-order valence-corrected chi connectivity index (χ3v) is 5.77. The molecule has 31 heavy (non-hydrogen) atoms. The van der Waals surface area contributed by atoms with Gasteiger partial charge in [-0.05, 0) is 42.0 Å². The Kier molecular flexibility index (Phi) is 6.69. The number of benzene rings is 3. The number of anilines is 1. The van der Waals surface area contributed by atoms with Gasteiger partial charge in [0.05, 0.1) is 31.3 Å². The fourth-order valence-electron chi connectivity index (χ4n) is 3.23. The summed E-state index contributed by atoms with van der Waals surface area (Å²) in [4.78, 5) is 17.0. The molecule has 1 N–H and O–H groups in total. The maximum Gasteiger partial charge on any atom is 0.234 e. The number of rotatable bonds is 8. The second kappa shape index (κ2) is 10.00. The first kappa shape index (κ1) is 20.8. The number of carbonyl (C=O) groups is 1. The minimum absolute atomic E-state index is 0.0588. The second-order valence-corrected chi connectivity index (χ2v) is 7.87. The molecule has 0 saturated heterocycles. The van der Waals surface area contributed by atoms with Crippen molar-refractivity contribution >= 4 is 23.4 Å². The van der Waals surface area contributed by atoms with Gasteiger partial charge in [0.2, 0.25) is 5.91 Å². The van der Waals surface area contributed by atoms with Gasteiger partial charge in [-0.1, -0.05) is 60.3 Å². The first-order valence-corrected chi connectivity index (χ1v) is 10.9. The van der Waals surface area contributed by atoms with Gasteiger partial charge in [-0.2, -0.15) is 0 Å². The van der Waals surface area contributed by atoms with Crippen LogP contribution in [0.3, 0.4) is 0 Å². The van der Waals surface area contributed by atoms with Crippen LogP contribution in [-0.2, 0) is 11.3 Å². The van der Waals surface area contributed by atoms with E-state index in [0.29, 0.717) is 6.54 Å². The van der Waals surface area contributed by atoms with Gasteiger partial charge < -0.3 is 14.6 Å². The minimum Gasteiger partial charge on any atom is -0.497 e. The average Bonchev–Trinajstić information content (AvgIpc) is 3.21. The van der Waals surface area contributed by atoms with Gasteiger partial charge in [-0.3, -0.25) is 4.79 Å². The number of aromatic nitrogens is 2. The largest absolute Gasteiger partial charge is 0.497 e. The minimum atomic E-state index is -0.0588. The summed E-state index contributed by atoms with van der Waals surface area (Å²) in [6.07, 6.45) is 1.86. The van der Waals surface area contributed by atoms with E-state index in [-0.39, 0.29) is 11.7 Å². The predicted molar refractivity (Wildman–Crippen MR) is 126 cm³/mol. The Labute approximate surface area is 186 Å². The van der Waals surface area contributed by atoms with E-state index >= 15 is 0 Å². The number of nitrogens with zero attached hydrogens (tertiary/aromatic N) is 2.